The van der Waals surface area contributed by atoms with Crippen LogP contribution in [0.2, 0.25) is 10.0 Å². The number of likely N-dealkylation sites (N-methyl/N-ethyl adjacent to an activating group) is 1. The maximum absolute atomic E-state index is 6.31. The van der Waals surface area contributed by atoms with Crippen LogP contribution in [-0.2, 0) is 16.0 Å². The van der Waals surface area contributed by atoms with Crippen molar-refractivity contribution in [3.63, 3.8) is 0 Å². The number of ether oxygens (including phenoxy) is 2. The summed E-state index contributed by atoms with van der Waals surface area (Å²) < 4.78 is 10.7. The molecule has 0 unspecified atom stereocenters. The van der Waals surface area contributed by atoms with E-state index in [4.69, 9.17) is 42.6 Å². The SMILES string of the molecule is COC(CN(C)c1cc(NCc2ccc(Cl)cc2Cl)nc(N2CCNCC2)n1)OC. The van der Waals surface area contributed by atoms with E-state index in [1.54, 1.807) is 20.3 Å². The summed E-state index contributed by atoms with van der Waals surface area (Å²) in [5, 5.41) is 7.95. The van der Waals surface area contributed by atoms with Gasteiger partial charge in [-0.2, -0.15) is 9.97 Å². The zero-order valence-electron chi connectivity index (χ0n) is 17.5. The fourth-order valence-corrected chi connectivity index (χ4v) is 3.60. The van der Waals surface area contributed by atoms with E-state index in [1.807, 2.05) is 30.1 Å². The molecule has 1 aromatic heterocycles. The van der Waals surface area contributed by atoms with Crippen molar-refractivity contribution < 1.29 is 9.47 Å². The van der Waals surface area contributed by atoms with Crippen molar-refractivity contribution in [2.45, 2.75) is 12.8 Å². The van der Waals surface area contributed by atoms with Crippen molar-refractivity contribution in [2.75, 3.05) is 69.1 Å². The summed E-state index contributed by atoms with van der Waals surface area (Å²) in [6.07, 6.45) is -0.350. The number of anilines is 3. The first kappa shape index (κ1) is 22.8. The highest BCUT2D eigenvalue weighted by molar-refractivity contribution is 6.35. The number of hydrogen-bond donors (Lipinski definition) is 2. The highest BCUT2D eigenvalue weighted by Crippen LogP contribution is 2.24. The van der Waals surface area contributed by atoms with Gasteiger partial charge in [0.1, 0.15) is 11.6 Å². The number of hydrogen-bond acceptors (Lipinski definition) is 8. The molecule has 10 heteroatoms. The number of nitrogens with one attached hydrogen (secondary N) is 2. The minimum atomic E-state index is -0.350. The summed E-state index contributed by atoms with van der Waals surface area (Å²) in [5.41, 5.74) is 0.942. The number of nitrogens with zero attached hydrogens (tertiary/aromatic N) is 4. The number of halogens is 2. The second-order valence-corrected chi connectivity index (χ2v) is 7.86. The van der Waals surface area contributed by atoms with Crippen LogP contribution in [0, 0.1) is 0 Å². The van der Waals surface area contributed by atoms with E-state index in [-0.39, 0.29) is 6.29 Å². The van der Waals surface area contributed by atoms with Gasteiger partial charge < -0.3 is 29.9 Å². The molecule has 2 N–H and O–H groups in total. The van der Waals surface area contributed by atoms with E-state index in [0.29, 0.717) is 29.1 Å². The van der Waals surface area contributed by atoms with E-state index >= 15 is 0 Å². The maximum atomic E-state index is 6.31. The number of aromatic nitrogens is 2. The third-order valence-electron chi connectivity index (χ3n) is 4.92. The molecule has 1 fully saturated rings. The molecule has 0 amide bonds. The highest BCUT2D eigenvalue weighted by atomic mass is 35.5. The first-order valence-corrected chi connectivity index (χ1v) is 10.5. The van der Waals surface area contributed by atoms with Gasteiger partial charge in [0.15, 0.2) is 6.29 Å². The van der Waals surface area contributed by atoms with Gasteiger partial charge in [0.05, 0.1) is 6.54 Å². The molecule has 0 aliphatic carbocycles. The Kier molecular flexibility index (Phi) is 8.35. The highest BCUT2D eigenvalue weighted by Gasteiger charge is 2.18. The molecule has 1 aliphatic rings. The van der Waals surface area contributed by atoms with Gasteiger partial charge in [0.2, 0.25) is 5.95 Å². The molecule has 3 rings (SSSR count). The lowest BCUT2D eigenvalue weighted by Crippen LogP contribution is -2.44. The van der Waals surface area contributed by atoms with Crippen molar-refractivity contribution in [3.8, 4) is 0 Å². The molecule has 1 aromatic carbocycles. The van der Waals surface area contributed by atoms with E-state index < -0.39 is 0 Å². The lowest BCUT2D eigenvalue weighted by molar-refractivity contribution is -0.0944. The Morgan fingerprint density at radius 2 is 1.90 bits per heavy atom. The molecule has 0 saturated carbocycles. The Morgan fingerprint density at radius 1 is 1.17 bits per heavy atom. The number of benzene rings is 1. The van der Waals surface area contributed by atoms with Gasteiger partial charge in [-0.05, 0) is 17.7 Å². The fourth-order valence-electron chi connectivity index (χ4n) is 3.13. The summed E-state index contributed by atoms with van der Waals surface area (Å²) in [7, 11) is 5.20. The normalized spacial score (nSPS) is 14.3. The molecule has 8 nitrogen and oxygen atoms in total. The summed E-state index contributed by atoms with van der Waals surface area (Å²) in [4.78, 5) is 13.7. The molecular weight excluding hydrogens is 427 g/mol. The largest absolute Gasteiger partial charge is 0.366 e. The molecule has 0 spiro atoms. The molecule has 2 heterocycles. The lowest BCUT2D eigenvalue weighted by atomic mass is 10.2. The molecular formula is C20H28Cl2N6O2. The summed E-state index contributed by atoms with van der Waals surface area (Å²) in [6, 6.07) is 7.38. The number of methoxy groups -OCH3 is 2. The van der Waals surface area contributed by atoms with E-state index in [9.17, 15) is 0 Å². The van der Waals surface area contributed by atoms with E-state index in [2.05, 4.69) is 15.5 Å². The van der Waals surface area contributed by atoms with Crippen LogP contribution in [0.1, 0.15) is 5.56 Å². The van der Waals surface area contributed by atoms with Crippen LogP contribution in [0.25, 0.3) is 0 Å². The molecule has 0 bridgehead atoms. The molecule has 164 valence electrons. The van der Waals surface area contributed by atoms with Gasteiger partial charge in [0.25, 0.3) is 0 Å². The predicted molar refractivity (Wildman–Crippen MR) is 122 cm³/mol. The molecule has 0 radical (unpaired) electrons. The fraction of sp³-hybridized carbons (Fsp3) is 0.500. The predicted octanol–water partition coefficient (Wildman–Crippen LogP) is 2.86. The van der Waals surface area contributed by atoms with Crippen molar-refractivity contribution >= 4 is 40.8 Å². The Morgan fingerprint density at radius 3 is 2.57 bits per heavy atom. The minimum Gasteiger partial charge on any atom is -0.366 e. The van der Waals surface area contributed by atoms with Crippen LogP contribution in [0.4, 0.5) is 17.6 Å². The first-order valence-electron chi connectivity index (χ1n) is 9.79. The third-order valence-corrected chi connectivity index (χ3v) is 5.50. The molecule has 1 aliphatic heterocycles. The molecule has 0 atom stereocenters. The molecule has 1 saturated heterocycles. The first-order chi connectivity index (χ1) is 14.5. The molecule has 2 aromatic rings. The zero-order chi connectivity index (χ0) is 21.5. The van der Waals surface area contributed by atoms with Crippen molar-refractivity contribution in [1.82, 2.24) is 15.3 Å². The second kappa shape index (κ2) is 11.0. The Bertz CT molecular complexity index is 831. The average molecular weight is 455 g/mol. The van der Waals surface area contributed by atoms with Gasteiger partial charge in [0, 0.05) is 70.1 Å². The molecule has 30 heavy (non-hydrogen) atoms. The monoisotopic (exact) mass is 454 g/mol. The number of rotatable bonds is 9. The van der Waals surface area contributed by atoms with Crippen LogP contribution in [0.15, 0.2) is 24.3 Å². The van der Waals surface area contributed by atoms with Gasteiger partial charge in [-0.1, -0.05) is 29.3 Å². The van der Waals surface area contributed by atoms with Crippen molar-refractivity contribution in [2.24, 2.45) is 0 Å². The standard InChI is InChI=1S/C20H28Cl2N6O2/c1-27(13-19(29-2)30-3)18-11-17(24-12-14-4-5-15(21)10-16(14)22)25-20(26-18)28-8-6-23-7-9-28/h4-5,10-11,19,23H,6-9,12-13H2,1-3H3,(H,24,25,26). The quantitative estimate of drug-likeness (QED) is 0.560. The summed E-state index contributed by atoms with van der Waals surface area (Å²) in [5.74, 6) is 2.19. The smallest absolute Gasteiger partial charge is 0.229 e. The van der Waals surface area contributed by atoms with Crippen LogP contribution in [0.3, 0.4) is 0 Å². The van der Waals surface area contributed by atoms with E-state index in [1.165, 1.54) is 0 Å². The number of piperazine rings is 1. The topological polar surface area (TPSA) is 74.8 Å². The lowest BCUT2D eigenvalue weighted by Gasteiger charge is -2.29. The van der Waals surface area contributed by atoms with Gasteiger partial charge in [-0.25, -0.2) is 0 Å². The van der Waals surface area contributed by atoms with Crippen LogP contribution < -0.4 is 20.4 Å². The van der Waals surface area contributed by atoms with Crippen molar-refractivity contribution in [1.29, 1.82) is 0 Å². The summed E-state index contributed by atoms with van der Waals surface area (Å²) in [6.45, 7) is 4.58. The van der Waals surface area contributed by atoms with Gasteiger partial charge in [-0.15, -0.1) is 0 Å². The van der Waals surface area contributed by atoms with Gasteiger partial charge >= 0.3 is 0 Å². The Hall–Kier alpha value is -1.84. The Balaban J connectivity index is 1.82. The van der Waals surface area contributed by atoms with Crippen LogP contribution in [-0.4, -0.2) is 70.2 Å². The zero-order valence-corrected chi connectivity index (χ0v) is 19.0. The van der Waals surface area contributed by atoms with Gasteiger partial charge in [-0.3, -0.25) is 0 Å². The minimum absolute atomic E-state index is 0.350. The second-order valence-electron chi connectivity index (χ2n) is 7.02. The third kappa shape index (κ3) is 6.09. The summed E-state index contributed by atoms with van der Waals surface area (Å²) >= 11 is 12.3. The average Bonchev–Trinajstić information content (AvgIpc) is 2.77. The van der Waals surface area contributed by atoms with Crippen LogP contribution in [0.5, 0.6) is 0 Å². The van der Waals surface area contributed by atoms with E-state index in [0.717, 1.165) is 43.4 Å². The maximum Gasteiger partial charge on any atom is 0.229 e. The Labute approximate surface area is 187 Å². The van der Waals surface area contributed by atoms with Crippen LogP contribution >= 0.6 is 23.2 Å². The van der Waals surface area contributed by atoms with Crippen molar-refractivity contribution in [3.05, 3.63) is 39.9 Å².